The van der Waals surface area contributed by atoms with E-state index < -0.39 is 12.1 Å². The van der Waals surface area contributed by atoms with Gasteiger partial charge in [0.2, 0.25) is 5.91 Å². The van der Waals surface area contributed by atoms with Gasteiger partial charge in [-0.15, -0.1) is 12.4 Å². The van der Waals surface area contributed by atoms with E-state index in [0.717, 1.165) is 11.1 Å². The summed E-state index contributed by atoms with van der Waals surface area (Å²) in [6.07, 6.45) is -0.110. The molecule has 6 heteroatoms. The third kappa shape index (κ3) is 5.62. The zero-order chi connectivity index (χ0) is 15.9. The molecule has 1 aromatic carbocycles. The standard InChI is InChI=1S/C17H22N2O2S.ClH/c1-2-15(18)17(21)19(10-13-6-4-3-5-7-13)11-16(20)14-8-9-22-12-14;/h3-9,12,15-16,20H,2,10-11,18H2,1H3;1H. The fraction of sp³-hybridized carbons (Fsp3) is 0.353. The maximum atomic E-state index is 12.5. The zero-order valence-electron chi connectivity index (χ0n) is 13.1. The Hall–Kier alpha value is -1.40. The average Bonchev–Trinajstić information content (AvgIpc) is 3.08. The van der Waals surface area contributed by atoms with E-state index in [1.165, 1.54) is 11.3 Å². The minimum Gasteiger partial charge on any atom is -0.387 e. The SMILES string of the molecule is CCC(N)C(=O)N(Cc1ccccc1)CC(O)c1ccsc1.Cl. The van der Waals surface area contributed by atoms with E-state index in [-0.39, 0.29) is 24.9 Å². The van der Waals surface area contributed by atoms with Crippen molar-refractivity contribution in [1.29, 1.82) is 0 Å². The molecule has 2 atom stereocenters. The van der Waals surface area contributed by atoms with Gasteiger partial charge in [0.15, 0.2) is 0 Å². The number of aliphatic hydroxyl groups is 1. The van der Waals surface area contributed by atoms with Crippen LogP contribution >= 0.6 is 23.7 Å². The van der Waals surface area contributed by atoms with E-state index in [1.54, 1.807) is 4.90 Å². The Balaban J connectivity index is 0.00000264. The summed E-state index contributed by atoms with van der Waals surface area (Å²) in [6.45, 7) is 2.59. The lowest BCUT2D eigenvalue weighted by Gasteiger charge is -2.27. The molecule has 0 aliphatic heterocycles. The number of hydrogen-bond donors (Lipinski definition) is 2. The Morgan fingerprint density at radius 2 is 2.00 bits per heavy atom. The Labute approximate surface area is 147 Å². The van der Waals surface area contributed by atoms with Crippen molar-refractivity contribution < 1.29 is 9.90 Å². The predicted molar refractivity (Wildman–Crippen MR) is 96.7 cm³/mol. The lowest BCUT2D eigenvalue weighted by molar-refractivity contribution is -0.134. The zero-order valence-corrected chi connectivity index (χ0v) is 14.7. The molecule has 0 aliphatic carbocycles. The first-order chi connectivity index (χ1) is 10.6. The van der Waals surface area contributed by atoms with Crippen LogP contribution in [0.4, 0.5) is 0 Å². The van der Waals surface area contributed by atoms with Gasteiger partial charge in [-0.3, -0.25) is 4.79 Å². The smallest absolute Gasteiger partial charge is 0.239 e. The van der Waals surface area contributed by atoms with Crippen molar-refractivity contribution in [3.05, 3.63) is 58.3 Å². The normalized spacial score (nSPS) is 13.0. The molecule has 0 saturated heterocycles. The molecule has 0 spiro atoms. The summed E-state index contributed by atoms with van der Waals surface area (Å²) in [7, 11) is 0. The number of amides is 1. The second kappa shape index (κ2) is 9.67. The van der Waals surface area contributed by atoms with Gasteiger partial charge in [0.05, 0.1) is 18.7 Å². The topological polar surface area (TPSA) is 66.6 Å². The average molecular weight is 355 g/mol. The molecule has 2 unspecified atom stereocenters. The number of hydrogen-bond acceptors (Lipinski definition) is 4. The molecule has 2 rings (SSSR count). The molecule has 4 nitrogen and oxygen atoms in total. The summed E-state index contributed by atoms with van der Waals surface area (Å²) in [4.78, 5) is 14.1. The van der Waals surface area contributed by atoms with E-state index in [4.69, 9.17) is 5.73 Å². The van der Waals surface area contributed by atoms with Gasteiger partial charge in [-0.05, 0) is 34.4 Å². The lowest BCUT2D eigenvalue weighted by atomic mass is 10.1. The number of benzene rings is 1. The van der Waals surface area contributed by atoms with E-state index in [9.17, 15) is 9.90 Å². The summed E-state index contributed by atoms with van der Waals surface area (Å²) in [5, 5.41) is 14.1. The molecule has 1 heterocycles. The van der Waals surface area contributed by atoms with Crippen LogP contribution in [0.1, 0.15) is 30.6 Å². The summed E-state index contributed by atoms with van der Waals surface area (Å²) in [5.74, 6) is -0.124. The van der Waals surface area contributed by atoms with Gasteiger partial charge >= 0.3 is 0 Å². The van der Waals surface area contributed by atoms with Gasteiger partial charge in [0.25, 0.3) is 0 Å². The van der Waals surface area contributed by atoms with Crippen LogP contribution in [0.3, 0.4) is 0 Å². The van der Waals surface area contributed by atoms with E-state index >= 15 is 0 Å². The van der Waals surface area contributed by atoms with Crippen LogP contribution < -0.4 is 5.73 Å². The van der Waals surface area contributed by atoms with Crippen molar-refractivity contribution in [3.63, 3.8) is 0 Å². The van der Waals surface area contributed by atoms with Gasteiger partial charge in [-0.1, -0.05) is 37.3 Å². The summed E-state index contributed by atoms with van der Waals surface area (Å²) in [5.41, 5.74) is 7.75. The highest BCUT2D eigenvalue weighted by Crippen LogP contribution is 2.19. The Morgan fingerprint density at radius 3 is 2.57 bits per heavy atom. The van der Waals surface area contributed by atoms with Gasteiger partial charge in [0, 0.05) is 6.54 Å². The van der Waals surface area contributed by atoms with E-state index in [2.05, 4.69) is 0 Å². The summed E-state index contributed by atoms with van der Waals surface area (Å²) in [6, 6.07) is 11.1. The maximum absolute atomic E-state index is 12.5. The molecule has 0 radical (unpaired) electrons. The molecule has 0 aliphatic rings. The highest BCUT2D eigenvalue weighted by atomic mass is 35.5. The van der Waals surface area contributed by atoms with Crippen LogP contribution in [0.15, 0.2) is 47.2 Å². The number of carbonyl (C=O) groups excluding carboxylic acids is 1. The lowest BCUT2D eigenvalue weighted by Crippen LogP contribution is -2.44. The number of aliphatic hydroxyl groups excluding tert-OH is 1. The molecule has 1 amide bonds. The van der Waals surface area contributed by atoms with E-state index in [0.29, 0.717) is 13.0 Å². The minimum atomic E-state index is -0.692. The fourth-order valence-corrected chi connectivity index (χ4v) is 2.93. The monoisotopic (exact) mass is 354 g/mol. The van der Waals surface area contributed by atoms with Crippen LogP contribution in [0, 0.1) is 0 Å². The largest absolute Gasteiger partial charge is 0.387 e. The van der Waals surface area contributed by atoms with Crippen LogP contribution in [0.2, 0.25) is 0 Å². The van der Waals surface area contributed by atoms with Gasteiger partial charge in [0.1, 0.15) is 0 Å². The van der Waals surface area contributed by atoms with Crippen LogP contribution in [0.25, 0.3) is 0 Å². The molecule has 126 valence electrons. The molecule has 0 saturated carbocycles. The van der Waals surface area contributed by atoms with Crippen molar-refractivity contribution in [2.45, 2.75) is 32.0 Å². The molecule has 2 aromatic rings. The number of carbonyl (C=O) groups is 1. The summed E-state index contributed by atoms with van der Waals surface area (Å²) >= 11 is 1.53. The van der Waals surface area contributed by atoms with Crippen molar-refractivity contribution in [3.8, 4) is 0 Å². The molecule has 0 bridgehead atoms. The van der Waals surface area contributed by atoms with Crippen molar-refractivity contribution in [1.82, 2.24) is 4.90 Å². The minimum absolute atomic E-state index is 0. The molecular weight excluding hydrogens is 332 g/mol. The Bertz CT molecular complexity index is 578. The highest BCUT2D eigenvalue weighted by molar-refractivity contribution is 7.07. The number of nitrogens with zero attached hydrogens (tertiary/aromatic N) is 1. The first kappa shape index (κ1) is 19.6. The molecular formula is C17H23ClN2O2S. The molecule has 0 fully saturated rings. The highest BCUT2D eigenvalue weighted by Gasteiger charge is 2.23. The van der Waals surface area contributed by atoms with Crippen LogP contribution in [0.5, 0.6) is 0 Å². The number of halogens is 1. The molecule has 23 heavy (non-hydrogen) atoms. The first-order valence-corrected chi connectivity index (χ1v) is 8.34. The van der Waals surface area contributed by atoms with Crippen molar-refractivity contribution in [2.24, 2.45) is 5.73 Å². The molecule has 1 aromatic heterocycles. The third-order valence-electron chi connectivity index (χ3n) is 3.61. The van der Waals surface area contributed by atoms with Crippen LogP contribution in [-0.2, 0) is 11.3 Å². The number of rotatable bonds is 7. The Morgan fingerprint density at radius 1 is 1.30 bits per heavy atom. The molecule has 3 N–H and O–H groups in total. The van der Waals surface area contributed by atoms with Crippen molar-refractivity contribution >= 4 is 29.7 Å². The number of nitrogens with two attached hydrogens (primary N) is 1. The van der Waals surface area contributed by atoms with Gasteiger partial charge < -0.3 is 15.7 Å². The van der Waals surface area contributed by atoms with Gasteiger partial charge in [-0.25, -0.2) is 0 Å². The van der Waals surface area contributed by atoms with Gasteiger partial charge in [-0.2, -0.15) is 11.3 Å². The third-order valence-corrected chi connectivity index (χ3v) is 4.31. The first-order valence-electron chi connectivity index (χ1n) is 7.40. The summed E-state index contributed by atoms with van der Waals surface area (Å²) < 4.78 is 0. The van der Waals surface area contributed by atoms with E-state index in [1.807, 2.05) is 54.1 Å². The quantitative estimate of drug-likeness (QED) is 0.803. The Kier molecular flexibility index (Phi) is 8.26. The predicted octanol–water partition coefficient (Wildman–Crippen LogP) is 2.97. The second-order valence-electron chi connectivity index (χ2n) is 5.29. The second-order valence-corrected chi connectivity index (χ2v) is 6.07. The fourth-order valence-electron chi connectivity index (χ4n) is 2.22. The maximum Gasteiger partial charge on any atom is 0.239 e. The number of thiophene rings is 1. The van der Waals surface area contributed by atoms with Crippen molar-refractivity contribution in [2.75, 3.05) is 6.54 Å². The van der Waals surface area contributed by atoms with Crippen LogP contribution in [-0.4, -0.2) is 28.5 Å².